The maximum absolute atomic E-state index is 11.9. The molecular formula is C17H23N3O3. The first-order valence-corrected chi connectivity index (χ1v) is 7.60. The molecule has 0 aromatic heterocycles. The number of amides is 1. The maximum atomic E-state index is 11.9. The minimum atomic E-state index is -0.492. The Labute approximate surface area is 137 Å². The van der Waals surface area contributed by atoms with Gasteiger partial charge in [0.25, 0.3) is 0 Å². The predicted octanol–water partition coefficient (Wildman–Crippen LogP) is 2.47. The SMILES string of the molecule is COc1ccc([C@H](C#N)NC2CN(C(=O)OC(C)(C)C)C2)cc1. The quantitative estimate of drug-likeness (QED) is 0.923. The summed E-state index contributed by atoms with van der Waals surface area (Å²) in [4.78, 5) is 13.5. The Morgan fingerprint density at radius 2 is 1.96 bits per heavy atom. The normalized spacial score (nSPS) is 16.2. The van der Waals surface area contributed by atoms with Gasteiger partial charge >= 0.3 is 6.09 Å². The number of hydrogen-bond donors (Lipinski definition) is 1. The van der Waals surface area contributed by atoms with Crippen molar-refractivity contribution < 1.29 is 14.3 Å². The summed E-state index contributed by atoms with van der Waals surface area (Å²) < 4.78 is 10.4. The van der Waals surface area contributed by atoms with Crippen molar-refractivity contribution in [3.05, 3.63) is 29.8 Å². The molecule has 1 N–H and O–H groups in total. The van der Waals surface area contributed by atoms with Gasteiger partial charge < -0.3 is 14.4 Å². The zero-order chi connectivity index (χ0) is 17.0. The monoisotopic (exact) mass is 317 g/mol. The van der Waals surface area contributed by atoms with Crippen LogP contribution in [0, 0.1) is 11.3 Å². The summed E-state index contributed by atoms with van der Waals surface area (Å²) in [6, 6.07) is 9.32. The summed E-state index contributed by atoms with van der Waals surface area (Å²) in [6.07, 6.45) is -0.312. The third kappa shape index (κ3) is 4.60. The third-order valence-corrected chi connectivity index (χ3v) is 3.51. The van der Waals surface area contributed by atoms with Crippen molar-refractivity contribution in [3.63, 3.8) is 0 Å². The molecule has 2 rings (SSSR count). The van der Waals surface area contributed by atoms with Gasteiger partial charge in [-0.3, -0.25) is 5.32 Å². The molecule has 1 aliphatic rings. The highest BCUT2D eigenvalue weighted by Gasteiger charge is 2.34. The largest absolute Gasteiger partial charge is 0.497 e. The highest BCUT2D eigenvalue weighted by atomic mass is 16.6. The Bertz CT molecular complexity index is 581. The van der Waals surface area contributed by atoms with Crippen LogP contribution < -0.4 is 10.1 Å². The highest BCUT2D eigenvalue weighted by molar-refractivity contribution is 5.69. The van der Waals surface area contributed by atoms with Crippen molar-refractivity contribution in [2.45, 2.75) is 38.5 Å². The molecular weight excluding hydrogens is 294 g/mol. The lowest BCUT2D eigenvalue weighted by molar-refractivity contribution is 0.00475. The molecule has 0 bridgehead atoms. The molecule has 0 aliphatic carbocycles. The van der Waals surface area contributed by atoms with Gasteiger partial charge in [-0.25, -0.2) is 4.79 Å². The van der Waals surface area contributed by atoms with Crippen molar-refractivity contribution in [1.29, 1.82) is 5.26 Å². The Balaban J connectivity index is 1.85. The molecule has 6 nitrogen and oxygen atoms in total. The van der Waals surface area contributed by atoms with Gasteiger partial charge in [0.15, 0.2) is 0 Å². The summed E-state index contributed by atoms with van der Waals surface area (Å²) in [5, 5.41) is 12.6. The second kappa shape index (κ2) is 6.88. The molecule has 1 fully saturated rings. The molecule has 1 aliphatic heterocycles. The van der Waals surface area contributed by atoms with Gasteiger partial charge in [0.1, 0.15) is 17.4 Å². The molecule has 0 saturated carbocycles. The van der Waals surface area contributed by atoms with Gasteiger partial charge in [0, 0.05) is 19.1 Å². The van der Waals surface area contributed by atoms with Crippen LogP contribution in [0.1, 0.15) is 32.4 Å². The number of likely N-dealkylation sites (tertiary alicyclic amines) is 1. The molecule has 124 valence electrons. The summed E-state index contributed by atoms with van der Waals surface area (Å²) >= 11 is 0. The van der Waals surface area contributed by atoms with Gasteiger partial charge in [-0.2, -0.15) is 5.26 Å². The van der Waals surface area contributed by atoms with E-state index in [2.05, 4.69) is 11.4 Å². The fourth-order valence-electron chi connectivity index (χ4n) is 2.30. The molecule has 1 saturated heterocycles. The van der Waals surface area contributed by atoms with Crippen LogP contribution in [0.5, 0.6) is 5.75 Å². The number of ether oxygens (including phenoxy) is 2. The molecule has 1 atom stereocenters. The number of methoxy groups -OCH3 is 1. The molecule has 1 aromatic carbocycles. The third-order valence-electron chi connectivity index (χ3n) is 3.51. The average molecular weight is 317 g/mol. The minimum Gasteiger partial charge on any atom is -0.497 e. The summed E-state index contributed by atoms with van der Waals surface area (Å²) in [7, 11) is 1.61. The highest BCUT2D eigenvalue weighted by Crippen LogP contribution is 2.21. The Hall–Kier alpha value is -2.26. The Morgan fingerprint density at radius 1 is 1.35 bits per heavy atom. The van der Waals surface area contributed by atoms with Crippen LogP contribution in [0.2, 0.25) is 0 Å². The van der Waals surface area contributed by atoms with Gasteiger partial charge in [-0.15, -0.1) is 0 Å². The van der Waals surface area contributed by atoms with Crippen molar-refractivity contribution in [1.82, 2.24) is 10.2 Å². The summed E-state index contributed by atoms with van der Waals surface area (Å²) in [5.41, 5.74) is 0.387. The topological polar surface area (TPSA) is 74.6 Å². The standard InChI is InChI=1S/C17H23N3O3/c1-17(2,3)23-16(21)20-10-13(11-20)19-15(9-18)12-5-7-14(22-4)8-6-12/h5-8,13,15,19H,10-11H2,1-4H3/t15-/m0/s1. The number of benzene rings is 1. The van der Waals surface area contributed by atoms with Crippen LogP contribution >= 0.6 is 0 Å². The second-order valence-electron chi connectivity index (χ2n) is 6.58. The number of rotatable bonds is 4. The molecule has 23 heavy (non-hydrogen) atoms. The van der Waals surface area contributed by atoms with Gasteiger partial charge in [0.2, 0.25) is 0 Å². The Kier molecular flexibility index (Phi) is 5.12. The van der Waals surface area contributed by atoms with Crippen molar-refractivity contribution in [3.8, 4) is 11.8 Å². The molecule has 0 spiro atoms. The van der Waals surface area contributed by atoms with Gasteiger partial charge in [-0.1, -0.05) is 12.1 Å². The smallest absolute Gasteiger partial charge is 0.410 e. The van der Waals surface area contributed by atoms with Crippen LogP contribution in [0.4, 0.5) is 4.79 Å². The fourth-order valence-corrected chi connectivity index (χ4v) is 2.30. The predicted molar refractivity (Wildman–Crippen MR) is 86.1 cm³/mol. The lowest BCUT2D eigenvalue weighted by atomic mass is 10.0. The summed E-state index contributed by atoms with van der Waals surface area (Å²) in [6.45, 7) is 6.62. The first-order chi connectivity index (χ1) is 10.8. The van der Waals surface area contributed by atoms with Crippen LogP contribution in [0.15, 0.2) is 24.3 Å². The first-order valence-electron chi connectivity index (χ1n) is 7.60. The molecule has 1 aromatic rings. The molecule has 6 heteroatoms. The van der Waals surface area contributed by atoms with E-state index in [1.54, 1.807) is 12.0 Å². The molecule has 1 amide bonds. The molecule has 0 unspecified atom stereocenters. The van der Waals surface area contributed by atoms with E-state index in [0.717, 1.165) is 11.3 Å². The van der Waals surface area contributed by atoms with Crippen LogP contribution in [0.25, 0.3) is 0 Å². The minimum absolute atomic E-state index is 0.0919. The molecule has 0 radical (unpaired) electrons. The van der Waals surface area contributed by atoms with E-state index in [1.807, 2.05) is 45.0 Å². The zero-order valence-electron chi connectivity index (χ0n) is 14.0. The number of carbonyl (C=O) groups is 1. The number of nitrogens with one attached hydrogen (secondary N) is 1. The van der Waals surface area contributed by atoms with E-state index >= 15 is 0 Å². The number of nitriles is 1. The van der Waals surface area contributed by atoms with Crippen LogP contribution in [-0.4, -0.2) is 42.8 Å². The van der Waals surface area contributed by atoms with Crippen LogP contribution in [-0.2, 0) is 4.74 Å². The van der Waals surface area contributed by atoms with Crippen LogP contribution in [0.3, 0.4) is 0 Å². The van der Waals surface area contributed by atoms with Gasteiger partial charge in [0.05, 0.1) is 13.2 Å². The number of carbonyl (C=O) groups excluding carboxylic acids is 1. The lowest BCUT2D eigenvalue weighted by Gasteiger charge is -2.41. The summed E-state index contributed by atoms with van der Waals surface area (Å²) in [5.74, 6) is 0.755. The maximum Gasteiger partial charge on any atom is 0.410 e. The van der Waals surface area contributed by atoms with E-state index in [1.165, 1.54) is 0 Å². The van der Waals surface area contributed by atoms with E-state index in [0.29, 0.717) is 13.1 Å². The fraction of sp³-hybridized carbons (Fsp3) is 0.529. The number of nitrogens with zero attached hydrogens (tertiary/aromatic N) is 2. The lowest BCUT2D eigenvalue weighted by Crippen LogP contribution is -2.60. The first kappa shape index (κ1) is 17.1. The van der Waals surface area contributed by atoms with E-state index in [9.17, 15) is 10.1 Å². The van der Waals surface area contributed by atoms with E-state index < -0.39 is 11.6 Å². The second-order valence-corrected chi connectivity index (χ2v) is 6.58. The average Bonchev–Trinajstić information content (AvgIpc) is 2.44. The van der Waals surface area contributed by atoms with Crippen molar-refractivity contribution in [2.75, 3.05) is 20.2 Å². The van der Waals surface area contributed by atoms with Crippen molar-refractivity contribution >= 4 is 6.09 Å². The Morgan fingerprint density at radius 3 is 2.43 bits per heavy atom. The zero-order valence-corrected chi connectivity index (χ0v) is 14.0. The van der Waals surface area contributed by atoms with Gasteiger partial charge in [-0.05, 0) is 38.5 Å². The van der Waals surface area contributed by atoms with E-state index in [4.69, 9.17) is 9.47 Å². The van der Waals surface area contributed by atoms with Crippen molar-refractivity contribution in [2.24, 2.45) is 0 Å². The van der Waals surface area contributed by atoms with E-state index in [-0.39, 0.29) is 12.1 Å². The molecule has 1 heterocycles. The number of hydrogen-bond acceptors (Lipinski definition) is 5.